The SMILES string of the molecule is CCC(C)C(NC(=O)c1ccccc1C)C(=O)Nc1nnc(-c2ccccc2)s1. The van der Waals surface area contributed by atoms with Gasteiger partial charge >= 0.3 is 0 Å². The lowest BCUT2D eigenvalue weighted by atomic mass is 9.97. The van der Waals surface area contributed by atoms with Crippen LogP contribution in [0.15, 0.2) is 54.6 Å². The summed E-state index contributed by atoms with van der Waals surface area (Å²) < 4.78 is 0. The summed E-state index contributed by atoms with van der Waals surface area (Å²) in [4.78, 5) is 25.6. The van der Waals surface area contributed by atoms with Gasteiger partial charge in [-0.25, -0.2) is 0 Å². The largest absolute Gasteiger partial charge is 0.340 e. The second kappa shape index (κ2) is 9.43. The molecule has 150 valence electrons. The Morgan fingerprint density at radius 2 is 1.72 bits per heavy atom. The second-order valence-corrected chi connectivity index (χ2v) is 7.90. The molecule has 0 saturated carbocycles. The van der Waals surface area contributed by atoms with E-state index in [1.54, 1.807) is 6.07 Å². The summed E-state index contributed by atoms with van der Waals surface area (Å²) in [6, 6.07) is 16.3. The van der Waals surface area contributed by atoms with Crippen LogP contribution in [0.3, 0.4) is 0 Å². The van der Waals surface area contributed by atoms with E-state index in [2.05, 4.69) is 20.8 Å². The summed E-state index contributed by atoms with van der Waals surface area (Å²) in [5, 5.41) is 15.1. The Hall–Kier alpha value is -3.06. The summed E-state index contributed by atoms with van der Waals surface area (Å²) in [6.45, 7) is 5.81. The molecule has 0 spiro atoms. The molecule has 29 heavy (non-hydrogen) atoms. The molecule has 0 aliphatic heterocycles. The lowest BCUT2D eigenvalue weighted by Crippen LogP contribution is -2.47. The minimum absolute atomic E-state index is 0.0375. The first kappa shape index (κ1) is 20.7. The molecule has 3 aromatic rings. The highest BCUT2D eigenvalue weighted by atomic mass is 32.1. The number of amides is 2. The van der Waals surface area contributed by atoms with Crippen molar-refractivity contribution in [3.8, 4) is 10.6 Å². The van der Waals surface area contributed by atoms with Gasteiger partial charge in [0.1, 0.15) is 11.0 Å². The number of aryl methyl sites for hydroxylation is 1. The Morgan fingerprint density at radius 3 is 2.41 bits per heavy atom. The van der Waals surface area contributed by atoms with Gasteiger partial charge in [-0.15, -0.1) is 10.2 Å². The summed E-state index contributed by atoms with van der Waals surface area (Å²) >= 11 is 1.30. The van der Waals surface area contributed by atoms with Crippen LogP contribution in [0.5, 0.6) is 0 Å². The van der Waals surface area contributed by atoms with E-state index in [0.717, 1.165) is 22.6 Å². The first-order valence-electron chi connectivity index (χ1n) is 9.56. The van der Waals surface area contributed by atoms with E-state index in [1.807, 2.05) is 69.3 Å². The van der Waals surface area contributed by atoms with Crippen molar-refractivity contribution in [1.82, 2.24) is 15.5 Å². The molecule has 0 saturated heterocycles. The molecule has 0 radical (unpaired) electrons. The van der Waals surface area contributed by atoms with Crippen molar-refractivity contribution in [3.05, 3.63) is 65.7 Å². The first-order valence-corrected chi connectivity index (χ1v) is 10.4. The molecule has 2 aromatic carbocycles. The Labute approximate surface area is 174 Å². The normalized spacial score (nSPS) is 12.8. The molecule has 6 nitrogen and oxygen atoms in total. The molecular formula is C22H24N4O2S. The van der Waals surface area contributed by atoms with Gasteiger partial charge < -0.3 is 5.32 Å². The van der Waals surface area contributed by atoms with Gasteiger partial charge in [0.25, 0.3) is 5.91 Å². The Morgan fingerprint density at radius 1 is 1.03 bits per heavy atom. The lowest BCUT2D eigenvalue weighted by Gasteiger charge is -2.23. The Bertz CT molecular complexity index is 987. The van der Waals surface area contributed by atoms with Crippen LogP contribution in [0.25, 0.3) is 10.6 Å². The standard InChI is InChI=1S/C22H24N4O2S/c1-4-14(2)18(23-19(27)17-13-9-8-10-15(17)3)20(28)24-22-26-25-21(29-22)16-11-6-5-7-12-16/h5-14,18H,4H2,1-3H3,(H,23,27)(H,24,26,28). The Balaban J connectivity index is 1.74. The van der Waals surface area contributed by atoms with Crippen LogP contribution in [-0.4, -0.2) is 28.1 Å². The fraction of sp³-hybridized carbons (Fsp3) is 0.273. The predicted octanol–water partition coefficient (Wildman–Crippen LogP) is 4.30. The molecule has 3 rings (SSSR count). The minimum Gasteiger partial charge on any atom is -0.340 e. The van der Waals surface area contributed by atoms with Crippen LogP contribution >= 0.6 is 11.3 Å². The molecule has 2 N–H and O–H groups in total. The highest BCUT2D eigenvalue weighted by Crippen LogP contribution is 2.26. The second-order valence-electron chi connectivity index (χ2n) is 6.92. The van der Waals surface area contributed by atoms with E-state index >= 15 is 0 Å². The van der Waals surface area contributed by atoms with Crippen LogP contribution in [0, 0.1) is 12.8 Å². The van der Waals surface area contributed by atoms with Crippen molar-refractivity contribution in [3.63, 3.8) is 0 Å². The molecule has 2 amide bonds. The Kier molecular flexibility index (Phi) is 6.72. The van der Waals surface area contributed by atoms with Gasteiger partial charge in [0, 0.05) is 11.1 Å². The lowest BCUT2D eigenvalue weighted by molar-refractivity contribution is -0.119. The molecule has 0 aliphatic carbocycles. The van der Waals surface area contributed by atoms with E-state index < -0.39 is 6.04 Å². The van der Waals surface area contributed by atoms with Gasteiger partial charge in [-0.2, -0.15) is 0 Å². The zero-order chi connectivity index (χ0) is 20.8. The van der Waals surface area contributed by atoms with E-state index in [9.17, 15) is 9.59 Å². The van der Waals surface area contributed by atoms with E-state index in [0.29, 0.717) is 10.7 Å². The number of anilines is 1. The van der Waals surface area contributed by atoms with Crippen LogP contribution in [0.1, 0.15) is 36.2 Å². The zero-order valence-electron chi connectivity index (χ0n) is 16.7. The van der Waals surface area contributed by atoms with Crippen molar-refractivity contribution >= 4 is 28.3 Å². The van der Waals surface area contributed by atoms with Gasteiger partial charge in [-0.05, 0) is 24.5 Å². The average Bonchev–Trinajstić information content (AvgIpc) is 3.20. The van der Waals surface area contributed by atoms with Gasteiger partial charge in [0.05, 0.1) is 0 Å². The number of carbonyl (C=O) groups is 2. The number of hydrogen-bond acceptors (Lipinski definition) is 5. The third-order valence-electron chi connectivity index (χ3n) is 4.85. The van der Waals surface area contributed by atoms with Gasteiger partial charge in [0.15, 0.2) is 0 Å². The summed E-state index contributed by atoms with van der Waals surface area (Å²) in [7, 11) is 0. The average molecular weight is 409 g/mol. The van der Waals surface area contributed by atoms with E-state index in [1.165, 1.54) is 11.3 Å². The van der Waals surface area contributed by atoms with E-state index in [4.69, 9.17) is 0 Å². The molecule has 0 bridgehead atoms. The third kappa shape index (κ3) is 5.06. The van der Waals surface area contributed by atoms with Gasteiger partial charge in [0.2, 0.25) is 11.0 Å². The maximum absolute atomic E-state index is 12.9. The topological polar surface area (TPSA) is 84.0 Å². The maximum atomic E-state index is 12.9. The molecular weight excluding hydrogens is 384 g/mol. The summed E-state index contributed by atoms with van der Waals surface area (Å²) in [5.74, 6) is -0.590. The van der Waals surface area contributed by atoms with Crippen molar-refractivity contribution in [2.75, 3.05) is 5.32 Å². The first-order chi connectivity index (χ1) is 14.0. The zero-order valence-corrected chi connectivity index (χ0v) is 17.5. The number of aromatic nitrogens is 2. The maximum Gasteiger partial charge on any atom is 0.252 e. The van der Waals surface area contributed by atoms with Crippen molar-refractivity contribution in [1.29, 1.82) is 0 Å². The number of carbonyl (C=O) groups excluding carboxylic acids is 2. The predicted molar refractivity (Wildman–Crippen MR) is 116 cm³/mol. The van der Waals surface area contributed by atoms with Crippen molar-refractivity contribution in [2.45, 2.75) is 33.2 Å². The molecule has 0 fully saturated rings. The van der Waals surface area contributed by atoms with Crippen molar-refractivity contribution in [2.24, 2.45) is 5.92 Å². The van der Waals surface area contributed by atoms with Crippen LogP contribution in [0.4, 0.5) is 5.13 Å². The monoisotopic (exact) mass is 408 g/mol. The van der Waals surface area contributed by atoms with Crippen LogP contribution < -0.4 is 10.6 Å². The van der Waals surface area contributed by atoms with Gasteiger partial charge in [-0.3, -0.25) is 14.9 Å². The van der Waals surface area contributed by atoms with Crippen molar-refractivity contribution < 1.29 is 9.59 Å². The smallest absolute Gasteiger partial charge is 0.252 e. The fourth-order valence-corrected chi connectivity index (χ4v) is 3.65. The fourth-order valence-electron chi connectivity index (χ4n) is 2.90. The molecule has 2 unspecified atom stereocenters. The number of benzene rings is 2. The van der Waals surface area contributed by atoms with Crippen LogP contribution in [0.2, 0.25) is 0 Å². The number of nitrogens with one attached hydrogen (secondary N) is 2. The highest BCUT2D eigenvalue weighted by molar-refractivity contribution is 7.18. The summed E-state index contributed by atoms with van der Waals surface area (Å²) in [6.07, 6.45) is 0.748. The summed E-state index contributed by atoms with van der Waals surface area (Å²) in [5.41, 5.74) is 2.37. The minimum atomic E-state index is -0.670. The number of nitrogens with zero attached hydrogens (tertiary/aromatic N) is 2. The molecule has 1 aromatic heterocycles. The molecule has 0 aliphatic rings. The third-order valence-corrected chi connectivity index (χ3v) is 5.74. The molecule has 1 heterocycles. The quantitative estimate of drug-likeness (QED) is 0.611. The number of hydrogen-bond donors (Lipinski definition) is 2. The van der Waals surface area contributed by atoms with Crippen LogP contribution in [-0.2, 0) is 4.79 Å². The van der Waals surface area contributed by atoms with E-state index in [-0.39, 0.29) is 17.7 Å². The molecule has 2 atom stereocenters. The van der Waals surface area contributed by atoms with Gasteiger partial charge in [-0.1, -0.05) is 80.1 Å². The number of rotatable bonds is 7. The highest BCUT2D eigenvalue weighted by Gasteiger charge is 2.27. The molecule has 7 heteroatoms.